The second-order valence-electron chi connectivity index (χ2n) is 8.39. The maximum absolute atomic E-state index is 13.3. The summed E-state index contributed by atoms with van der Waals surface area (Å²) in [5, 5.41) is 4.53. The summed E-state index contributed by atoms with van der Waals surface area (Å²) in [6.07, 6.45) is 5.30. The van der Waals surface area contributed by atoms with E-state index in [9.17, 15) is 8.42 Å². The van der Waals surface area contributed by atoms with Crippen molar-refractivity contribution in [3.8, 4) is 0 Å². The Kier molecular flexibility index (Phi) is 7.61. The number of hydrogen-bond acceptors (Lipinski definition) is 4. The number of rotatable bonds is 5. The predicted octanol–water partition coefficient (Wildman–Crippen LogP) is 3.20. The summed E-state index contributed by atoms with van der Waals surface area (Å²) in [5.41, 5.74) is 4.76. The molecule has 0 bridgehead atoms. The number of aryl methyl sites for hydroxylation is 4. The Morgan fingerprint density at radius 1 is 0.900 bits per heavy atom. The highest BCUT2D eigenvalue weighted by molar-refractivity contribution is 7.89. The number of halogens is 1. The first-order valence-corrected chi connectivity index (χ1v) is 12.2. The van der Waals surface area contributed by atoms with Crippen LogP contribution >= 0.6 is 12.4 Å². The van der Waals surface area contributed by atoms with Crippen LogP contribution in [0.15, 0.2) is 29.2 Å². The molecule has 0 unspecified atom stereocenters. The fraction of sp³-hybridized carbons (Fsp3) is 0.591. The van der Waals surface area contributed by atoms with Gasteiger partial charge in [0, 0.05) is 31.9 Å². The third kappa shape index (κ3) is 5.07. The highest BCUT2D eigenvalue weighted by Gasteiger charge is 2.27. The average molecular weight is 453 g/mol. The van der Waals surface area contributed by atoms with Crippen molar-refractivity contribution in [2.24, 2.45) is 0 Å². The normalized spacial score (nSPS) is 18.5. The molecule has 1 fully saturated rings. The summed E-state index contributed by atoms with van der Waals surface area (Å²) in [4.78, 5) is 2.83. The van der Waals surface area contributed by atoms with Crippen LogP contribution in [0.25, 0.3) is 0 Å². The van der Waals surface area contributed by atoms with Crippen molar-refractivity contribution in [2.75, 3.05) is 32.7 Å². The van der Waals surface area contributed by atoms with Crippen molar-refractivity contribution < 1.29 is 8.42 Å². The van der Waals surface area contributed by atoms with Gasteiger partial charge in [-0.15, -0.1) is 12.4 Å². The van der Waals surface area contributed by atoms with Gasteiger partial charge in [0.1, 0.15) is 0 Å². The SMILES string of the molecule is Cc1cc(C)n(CCN2CCCN(S(=O)(=O)c3ccc4c(c3)CCCC4)CC2)n1.Cl. The molecule has 1 saturated heterocycles. The molecule has 0 saturated carbocycles. The first-order chi connectivity index (χ1) is 13.9. The molecule has 1 aliphatic heterocycles. The number of sulfonamides is 1. The van der Waals surface area contributed by atoms with Crippen LogP contribution in [0.3, 0.4) is 0 Å². The van der Waals surface area contributed by atoms with Crippen molar-refractivity contribution in [3.63, 3.8) is 0 Å². The van der Waals surface area contributed by atoms with Crippen molar-refractivity contribution >= 4 is 22.4 Å². The van der Waals surface area contributed by atoms with Gasteiger partial charge in [-0.2, -0.15) is 9.40 Å². The largest absolute Gasteiger partial charge is 0.300 e. The van der Waals surface area contributed by atoms with E-state index in [1.54, 1.807) is 4.31 Å². The van der Waals surface area contributed by atoms with Crippen LogP contribution in [0.1, 0.15) is 41.8 Å². The smallest absolute Gasteiger partial charge is 0.243 e. The molecule has 2 aromatic rings. The lowest BCUT2D eigenvalue weighted by atomic mass is 9.92. The van der Waals surface area contributed by atoms with Gasteiger partial charge < -0.3 is 4.90 Å². The summed E-state index contributed by atoms with van der Waals surface area (Å²) in [6, 6.07) is 7.86. The van der Waals surface area contributed by atoms with E-state index >= 15 is 0 Å². The van der Waals surface area contributed by atoms with Crippen molar-refractivity contribution in [1.29, 1.82) is 0 Å². The van der Waals surface area contributed by atoms with Gasteiger partial charge in [0.15, 0.2) is 0 Å². The van der Waals surface area contributed by atoms with Crippen LogP contribution in [0.2, 0.25) is 0 Å². The van der Waals surface area contributed by atoms with Gasteiger partial charge in [0.2, 0.25) is 10.0 Å². The zero-order valence-corrected chi connectivity index (χ0v) is 19.6. The lowest BCUT2D eigenvalue weighted by molar-refractivity contribution is 0.269. The van der Waals surface area contributed by atoms with Crippen LogP contribution in [-0.2, 0) is 29.4 Å². The molecular formula is C22H33ClN4O2S. The lowest BCUT2D eigenvalue weighted by Gasteiger charge is -2.23. The number of benzene rings is 1. The number of aromatic nitrogens is 2. The van der Waals surface area contributed by atoms with Gasteiger partial charge in [0.05, 0.1) is 17.1 Å². The first kappa shape index (κ1) is 23.3. The fourth-order valence-electron chi connectivity index (χ4n) is 4.57. The van der Waals surface area contributed by atoms with E-state index in [1.807, 2.05) is 29.8 Å². The predicted molar refractivity (Wildman–Crippen MR) is 122 cm³/mol. The van der Waals surface area contributed by atoms with Crippen molar-refractivity contribution in [2.45, 2.75) is 57.4 Å². The Bertz CT molecular complexity index is 974. The van der Waals surface area contributed by atoms with E-state index in [-0.39, 0.29) is 12.4 Å². The third-order valence-corrected chi connectivity index (χ3v) is 8.13. The van der Waals surface area contributed by atoms with E-state index < -0.39 is 10.0 Å². The molecule has 2 heterocycles. The molecule has 2 aliphatic rings. The molecule has 30 heavy (non-hydrogen) atoms. The molecule has 0 amide bonds. The summed E-state index contributed by atoms with van der Waals surface area (Å²) in [5.74, 6) is 0. The Balaban J connectivity index is 0.00000256. The molecule has 0 atom stereocenters. The quantitative estimate of drug-likeness (QED) is 0.699. The molecule has 1 aromatic carbocycles. The van der Waals surface area contributed by atoms with E-state index in [1.165, 1.54) is 23.2 Å². The standard InChI is InChI=1S/C22H32N4O2S.ClH/c1-18-16-19(2)26(23-18)15-13-24-10-5-11-25(14-12-24)29(27,28)22-9-8-20-6-3-4-7-21(20)17-22;/h8-9,16-17H,3-7,10-15H2,1-2H3;1H. The summed E-state index contributed by atoms with van der Waals surface area (Å²) in [6.45, 7) is 8.67. The summed E-state index contributed by atoms with van der Waals surface area (Å²) >= 11 is 0. The molecule has 0 radical (unpaired) electrons. The highest BCUT2D eigenvalue weighted by Crippen LogP contribution is 2.26. The molecular weight excluding hydrogens is 420 g/mol. The highest BCUT2D eigenvalue weighted by atomic mass is 35.5. The maximum atomic E-state index is 13.3. The molecule has 6 nitrogen and oxygen atoms in total. The molecule has 1 aliphatic carbocycles. The van der Waals surface area contributed by atoms with Crippen LogP contribution < -0.4 is 0 Å². The molecule has 1 aromatic heterocycles. The van der Waals surface area contributed by atoms with Gasteiger partial charge >= 0.3 is 0 Å². The minimum absolute atomic E-state index is 0. The molecule has 0 N–H and O–H groups in total. The zero-order valence-electron chi connectivity index (χ0n) is 18.0. The third-order valence-electron chi connectivity index (χ3n) is 6.24. The topological polar surface area (TPSA) is 58.4 Å². The second-order valence-corrected chi connectivity index (χ2v) is 10.3. The van der Waals surface area contributed by atoms with Gasteiger partial charge in [-0.05, 0) is 81.8 Å². The van der Waals surface area contributed by atoms with Crippen molar-refractivity contribution in [3.05, 3.63) is 46.8 Å². The maximum Gasteiger partial charge on any atom is 0.243 e. The van der Waals surface area contributed by atoms with Gasteiger partial charge in [-0.25, -0.2) is 8.42 Å². The van der Waals surface area contributed by atoms with Crippen LogP contribution in [0.5, 0.6) is 0 Å². The fourth-order valence-corrected chi connectivity index (χ4v) is 6.09. The molecule has 8 heteroatoms. The van der Waals surface area contributed by atoms with Gasteiger partial charge in [-0.3, -0.25) is 4.68 Å². The van der Waals surface area contributed by atoms with Crippen LogP contribution in [-0.4, -0.2) is 60.1 Å². The van der Waals surface area contributed by atoms with E-state index in [2.05, 4.69) is 23.0 Å². The van der Waals surface area contributed by atoms with E-state index in [0.29, 0.717) is 18.0 Å². The zero-order chi connectivity index (χ0) is 20.4. The Labute approximate surface area is 186 Å². The minimum Gasteiger partial charge on any atom is -0.300 e. The van der Waals surface area contributed by atoms with E-state index in [4.69, 9.17) is 0 Å². The molecule has 166 valence electrons. The minimum atomic E-state index is -3.42. The Morgan fingerprint density at radius 3 is 2.40 bits per heavy atom. The van der Waals surface area contributed by atoms with Crippen LogP contribution in [0.4, 0.5) is 0 Å². The molecule has 4 rings (SSSR count). The van der Waals surface area contributed by atoms with Crippen molar-refractivity contribution in [1.82, 2.24) is 19.0 Å². The average Bonchev–Trinajstić information content (AvgIpc) is 2.90. The number of hydrogen-bond donors (Lipinski definition) is 0. The Morgan fingerprint density at radius 2 is 1.67 bits per heavy atom. The monoisotopic (exact) mass is 452 g/mol. The Hall–Kier alpha value is -1.41. The van der Waals surface area contributed by atoms with E-state index in [0.717, 1.165) is 57.6 Å². The summed E-state index contributed by atoms with van der Waals surface area (Å²) in [7, 11) is -3.42. The first-order valence-electron chi connectivity index (χ1n) is 10.8. The second kappa shape index (κ2) is 9.81. The molecule has 0 spiro atoms. The van der Waals surface area contributed by atoms with Gasteiger partial charge in [0.25, 0.3) is 0 Å². The van der Waals surface area contributed by atoms with Crippen LogP contribution in [0, 0.1) is 13.8 Å². The number of nitrogens with zero attached hydrogens (tertiary/aromatic N) is 4. The number of fused-ring (bicyclic) bond motifs is 1. The summed E-state index contributed by atoms with van der Waals surface area (Å²) < 4.78 is 30.2. The van der Waals surface area contributed by atoms with Gasteiger partial charge in [-0.1, -0.05) is 6.07 Å². The lowest BCUT2D eigenvalue weighted by Crippen LogP contribution is -2.36.